The number of aromatic nitrogens is 2. The lowest BCUT2D eigenvalue weighted by molar-refractivity contribution is 0.111. The van der Waals surface area contributed by atoms with Gasteiger partial charge in [-0.3, -0.25) is 4.79 Å². The lowest BCUT2D eigenvalue weighted by atomic mass is 10.1. The van der Waals surface area contributed by atoms with Crippen molar-refractivity contribution in [3.05, 3.63) is 47.8 Å². The summed E-state index contributed by atoms with van der Waals surface area (Å²) in [6.45, 7) is 4.12. The fraction of sp³-hybridized carbons (Fsp3) is 0.231. The first kappa shape index (κ1) is 10.6. The smallest absolute Gasteiger partial charge is 0.168 e. The summed E-state index contributed by atoms with van der Waals surface area (Å²) in [5.41, 5.74) is 2.44. The molecule has 3 heteroatoms. The monoisotopic (exact) mass is 214 g/mol. The van der Waals surface area contributed by atoms with Crippen molar-refractivity contribution >= 4 is 6.29 Å². The van der Waals surface area contributed by atoms with E-state index in [4.69, 9.17) is 0 Å². The zero-order chi connectivity index (χ0) is 11.5. The minimum Gasteiger partial charge on any atom is -0.296 e. The summed E-state index contributed by atoms with van der Waals surface area (Å²) in [6.07, 6.45) is 0.839. The maximum atomic E-state index is 11.0. The highest BCUT2D eigenvalue weighted by Gasteiger charge is 2.10. The third kappa shape index (κ3) is 1.89. The highest BCUT2D eigenvalue weighted by Crippen LogP contribution is 2.16. The van der Waals surface area contributed by atoms with Crippen molar-refractivity contribution in [2.75, 3.05) is 0 Å². The van der Waals surface area contributed by atoms with Gasteiger partial charge in [-0.25, -0.2) is 4.68 Å². The van der Waals surface area contributed by atoms with Crippen LogP contribution in [0.4, 0.5) is 0 Å². The van der Waals surface area contributed by atoms with Gasteiger partial charge in [0.2, 0.25) is 0 Å². The summed E-state index contributed by atoms with van der Waals surface area (Å²) < 4.78 is 1.68. The summed E-state index contributed by atoms with van der Waals surface area (Å²) in [7, 11) is 0. The number of rotatable bonds is 3. The molecule has 0 fully saturated rings. The first-order chi connectivity index (χ1) is 7.72. The Morgan fingerprint density at radius 2 is 1.94 bits per heavy atom. The first-order valence-corrected chi connectivity index (χ1v) is 5.33. The van der Waals surface area contributed by atoms with Crippen molar-refractivity contribution in [3.8, 4) is 5.69 Å². The molecular weight excluding hydrogens is 200 g/mol. The summed E-state index contributed by atoms with van der Waals surface area (Å²) >= 11 is 0. The zero-order valence-electron chi connectivity index (χ0n) is 9.42. The van der Waals surface area contributed by atoms with E-state index in [9.17, 15) is 4.79 Å². The van der Waals surface area contributed by atoms with E-state index in [1.165, 1.54) is 0 Å². The van der Waals surface area contributed by atoms with Gasteiger partial charge in [0.1, 0.15) is 5.69 Å². The molecule has 0 spiro atoms. The van der Waals surface area contributed by atoms with Gasteiger partial charge in [0, 0.05) is 0 Å². The van der Waals surface area contributed by atoms with Gasteiger partial charge in [-0.1, -0.05) is 32.0 Å². The molecule has 0 bridgehead atoms. The molecule has 0 aliphatic rings. The molecule has 1 heterocycles. The minimum absolute atomic E-state index is 0.323. The molecule has 0 saturated carbocycles. The van der Waals surface area contributed by atoms with Crippen LogP contribution in [0, 0.1) is 0 Å². The van der Waals surface area contributed by atoms with Gasteiger partial charge in [-0.2, -0.15) is 5.10 Å². The minimum atomic E-state index is 0.323. The third-order valence-corrected chi connectivity index (χ3v) is 2.47. The second kappa shape index (κ2) is 4.31. The second-order valence-corrected chi connectivity index (χ2v) is 4.01. The Labute approximate surface area is 94.7 Å². The molecule has 16 heavy (non-hydrogen) atoms. The second-order valence-electron chi connectivity index (χ2n) is 4.01. The van der Waals surface area contributed by atoms with Crippen LogP contribution in [0.2, 0.25) is 0 Å². The van der Waals surface area contributed by atoms with Crippen molar-refractivity contribution in [2.45, 2.75) is 19.8 Å². The Morgan fingerprint density at radius 1 is 1.25 bits per heavy atom. The summed E-state index contributed by atoms with van der Waals surface area (Å²) in [6, 6.07) is 11.5. The maximum Gasteiger partial charge on any atom is 0.168 e. The van der Waals surface area contributed by atoms with Crippen LogP contribution in [0.25, 0.3) is 5.69 Å². The molecule has 2 rings (SSSR count). The van der Waals surface area contributed by atoms with Gasteiger partial charge in [-0.05, 0) is 24.1 Å². The first-order valence-electron chi connectivity index (χ1n) is 5.33. The topological polar surface area (TPSA) is 34.9 Å². The summed E-state index contributed by atoms with van der Waals surface area (Å²) in [5.74, 6) is 0.323. The van der Waals surface area contributed by atoms with Crippen LogP contribution in [0.3, 0.4) is 0 Å². The number of hydrogen-bond donors (Lipinski definition) is 0. The van der Waals surface area contributed by atoms with Crippen LogP contribution in [-0.2, 0) is 0 Å². The molecule has 0 radical (unpaired) electrons. The zero-order valence-corrected chi connectivity index (χ0v) is 9.42. The van der Waals surface area contributed by atoms with Gasteiger partial charge in [0.15, 0.2) is 6.29 Å². The normalized spacial score (nSPS) is 10.7. The van der Waals surface area contributed by atoms with Gasteiger partial charge in [0.05, 0.1) is 11.4 Å². The van der Waals surface area contributed by atoms with E-state index in [0.717, 1.165) is 17.7 Å². The lowest BCUT2D eigenvalue weighted by Gasteiger charge is -2.02. The SMILES string of the molecule is CC(C)c1cc(C=O)n(-c2ccccc2)n1. The third-order valence-electron chi connectivity index (χ3n) is 2.47. The molecule has 82 valence electrons. The molecule has 0 aliphatic carbocycles. The van der Waals surface area contributed by atoms with Gasteiger partial charge >= 0.3 is 0 Å². The van der Waals surface area contributed by atoms with Crippen LogP contribution < -0.4 is 0 Å². The molecule has 0 N–H and O–H groups in total. The molecule has 1 aromatic heterocycles. The Balaban J connectivity index is 2.52. The van der Waals surface area contributed by atoms with E-state index >= 15 is 0 Å². The van der Waals surface area contributed by atoms with E-state index in [1.54, 1.807) is 4.68 Å². The predicted octanol–water partition coefficient (Wildman–Crippen LogP) is 2.81. The molecule has 2 aromatic rings. The number of aldehydes is 1. The number of benzene rings is 1. The van der Waals surface area contributed by atoms with Crippen molar-refractivity contribution in [1.29, 1.82) is 0 Å². The van der Waals surface area contributed by atoms with Gasteiger partial charge in [0.25, 0.3) is 0 Å². The van der Waals surface area contributed by atoms with Gasteiger partial charge in [-0.15, -0.1) is 0 Å². The molecule has 1 aromatic carbocycles. The molecule has 0 atom stereocenters. The molecule has 0 aliphatic heterocycles. The van der Waals surface area contributed by atoms with Crippen LogP contribution >= 0.6 is 0 Å². The standard InChI is InChI=1S/C13H14N2O/c1-10(2)13-8-12(9-16)15(14-13)11-6-4-3-5-7-11/h3-10H,1-2H3. The Bertz CT molecular complexity index is 486. The maximum absolute atomic E-state index is 11.0. The van der Waals surface area contributed by atoms with Gasteiger partial charge < -0.3 is 0 Å². The van der Waals surface area contributed by atoms with E-state index in [0.29, 0.717) is 11.6 Å². The van der Waals surface area contributed by atoms with Crippen molar-refractivity contribution in [3.63, 3.8) is 0 Å². The van der Waals surface area contributed by atoms with Crippen LogP contribution in [0.1, 0.15) is 35.9 Å². The van der Waals surface area contributed by atoms with E-state index in [-0.39, 0.29) is 0 Å². The fourth-order valence-electron chi connectivity index (χ4n) is 1.56. The summed E-state index contributed by atoms with van der Waals surface area (Å²) in [5, 5.41) is 4.44. The fourth-order valence-corrected chi connectivity index (χ4v) is 1.56. The number of hydrogen-bond acceptors (Lipinski definition) is 2. The quantitative estimate of drug-likeness (QED) is 0.736. The largest absolute Gasteiger partial charge is 0.296 e. The molecule has 0 unspecified atom stereocenters. The van der Waals surface area contributed by atoms with Crippen molar-refractivity contribution < 1.29 is 4.79 Å². The Morgan fingerprint density at radius 3 is 2.50 bits per heavy atom. The molecular formula is C13H14N2O. The van der Waals surface area contributed by atoms with E-state index in [1.807, 2.05) is 36.4 Å². The van der Waals surface area contributed by atoms with Crippen LogP contribution in [-0.4, -0.2) is 16.1 Å². The average Bonchev–Trinajstić information content (AvgIpc) is 2.74. The van der Waals surface area contributed by atoms with Crippen molar-refractivity contribution in [2.24, 2.45) is 0 Å². The average molecular weight is 214 g/mol. The number of para-hydroxylation sites is 1. The van der Waals surface area contributed by atoms with Crippen molar-refractivity contribution in [1.82, 2.24) is 9.78 Å². The number of carbonyl (C=O) groups excluding carboxylic acids is 1. The number of nitrogens with zero attached hydrogens (tertiary/aromatic N) is 2. The Kier molecular flexibility index (Phi) is 2.86. The highest BCUT2D eigenvalue weighted by molar-refractivity contribution is 5.73. The van der Waals surface area contributed by atoms with E-state index < -0.39 is 0 Å². The highest BCUT2D eigenvalue weighted by atomic mass is 16.1. The molecule has 0 saturated heterocycles. The molecule has 0 amide bonds. The molecule has 3 nitrogen and oxygen atoms in total. The summed E-state index contributed by atoms with van der Waals surface area (Å²) in [4.78, 5) is 11.0. The number of carbonyl (C=O) groups is 1. The van der Waals surface area contributed by atoms with Crippen LogP contribution in [0.5, 0.6) is 0 Å². The Hall–Kier alpha value is -1.90. The lowest BCUT2D eigenvalue weighted by Crippen LogP contribution is -2.01. The predicted molar refractivity (Wildman–Crippen MR) is 63.0 cm³/mol. The van der Waals surface area contributed by atoms with E-state index in [2.05, 4.69) is 18.9 Å². The van der Waals surface area contributed by atoms with Crippen LogP contribution in [0.15, 0.2) is 36.4 Å².